The van der Waals surface area contributed by atoms with Crippen LogP contribution in [-0.2, 0) is 9.59 Å². The molecule has 0 radical (unpaired) electrons. The Hall–Kier alpha value is -0.550. The van der Waals surface area contributed by atoms with Crippen LogP contribution in [0.1, 0.15) is 26.2 Å². The van der Waals surface area contributed by atoms with E-state index in [0.29, 0.717) is 12.8 Å². The molecule has 0 aliphatic rings. The molecule has 0 aromatic rings. The fraction of sp³-hybridized carbons (Fsp3) is 0.800. The lowest BCUT2D eigenvalue weighted by atomic mass is 10.2. The molecule has 0 aromatic heterocycles. The molecule has 0 rings (SSSR count). The number of carboxylic acid groups (broad SMARTS) is 1. The van der Waals surface area contributed by atoms with Crippen LogP contribution < -0.4 is 5.32 Å². The van der Waals surface area contributed by atoms with Gasteiger partial charge in [0.15, 0.2) is 0 Å². The molecular weight excluding hydrogens is 214 g/mol. The van der Waals surface area contributed by atoms with Gasteiger partial charge in [0.25, 0.3) is 0 Å². The highest BCUT2D eigenvalue weighted by Crippen LogP contribution is 2.01. The van der Waals surface area contributed by atoms with Crippen LogP contribution in [0.2, 0.25) is 0 Å². The summed E-state index contributed by atoms with van der Waals surface area (Å²) in [6.45, 7) is 2.10. The summed E-state index contributed by atoms with van der Waals surface area (Å²) in [7, 11) is 0. The predicted molar refractivity (Wildman–Crippen MR) is 62.3 cm³/mol. The monoisotopic (exact) mass is 233 g/mol. The average Bonchev–Trinajstić information content (AvgIpc) is 2.17. The van der Waals surface area contributed by atoms with Crippen LogP contribution in [0.5, 0.6) is 0 Å². The van der Waals surface area contributed by atoms with E-state index in [1.54, 1.807) is 11.8 Å². The molecule has 5 heteroatoms. The van der Waals surface area contributed by atoms with E-state index in [2.05, 4.69) is 5.32 Å². The Morgan fingerprint density at radius 1 is 1.47 bits per heavy atom. The lowest BCUT2D eigenvalue weighted by Gasteiger charge is -2.12. The van der Waals surface area contributed by atoms with E-state index >= 15 is 0 Å². The molecule has 0 amide bonds. The zero-order chi connectivity index (χ0) is 11.7. The van der Waals surface area contributed by atoms with Crippen LogP contribution in [0.25, 0.3) is 0 Å². The number of thioether (sulfide) groups is 1. The largest absolute Gasteiger partial charge is 0.480 e. The lowest BCUT2D eigenvalue weighted by Crippen LogP contribution is -2.40. The molecule has 0 saturated carbocycles. The molecule has 88 valence electrons. The van der Waals surface area contributed by atoms with Gasteiger partial charge in [-0.1, -0.05) is 6.92 Å². The first-order valence-corrected chi connectivity index (χ1v) is 6.48. The van der Waals surface area contributed by atoms with E-state index in [1.165, 1.54) is 0 Å². The molecule has 0 spiro atoms. The first-order chi connectivity index (χ1) is 7.11. The minimum atomic E-state index is -0.881. The van der Waals surface area contributed by atoms with E-state index in [4.69, 9.17) is 5.11 Å². The van der Waals surface area contributed by atoms with Gasteiger partial charge in [0.05, 0.1) is 6.54 Å². The second kappa shape index (κ2) is 8.73. The van der Waals surface area contributed by atoms with Gasteiger partial charge in [-0.3, -0.25) is 14.9 Å². The van der Waals surface area contributed by atoms with Crippen LogP contribution in [0.4, 0.5) is 0 Å². The molecule has 0 aliphatic heterocycles. The number of hydrogen-bond acceptors (Lipinski definition) is 4. The minimum Gasteiger partial charge on any atom is -0.480 e. The number of carbonyl (C=O) groups is 2. The topological polar surface area (TPSA) is 66.4 Å². The SMILES string of the molecule is CCCC(=O)CN[C@@H](CCSC)C(=O)O. The lowest BCUT2D eigenvalue weighted by molar-refractivity contribution is -0.139. The van der Waals surface area contributed by atoms with Gasteiger partial charge >= 0.3 is 5.97 Å². The van der Waals surface area contributed by atoms with Crippen LogP contribution in [-0.4, -0.2) is 41.5 Å². The Kier molecular flexibility index (Phi) is 8.41. The molecule has 0 bridgehead atoms. The van der Waals surface area contributed by atoms with Gasteiger partial charge in [0, 0.05) is 6.42 Å². The molecule has 0 saturated heterocycles. The average molecular weight is 233 g/mol. The van der Waals surface area contributed by atoms with E-state index in [0.717, 1.165) is 12.2 Å². The van der Waals surface area contributed by atoms with Crippen LogP contribution >= 0.6 is 11.8 Å². The van der Waals surface area contributed by atoms with Crippen molar-refractivity contribution in [1.82, 2.24) is 5.32 Å². The van der Waals surface area contributed by atoms with Gasteiger partial charge in [0.2, 0.25) is 0 Å². The smallest absolute Gasteiger partial charge is 0.320 e. The summed E-state index contributed by atoms with van der Waals surface area (Å²) in [6.07, 6.45) is 3.81. The van der Waals surface area contributed by atoms with Gasteiger partial charge < -0.3 is 5.11 Å². The van der Waals surface area contributed by atoms with Crippen molar-refractivity contribution in [2.45, 2.75) is 32.2 Å². The van der Waals surface area contributed by atoms with Crippen molar-refractivity contribution in [3.63, 3.8) is 0 Å². The van der Waals surface area contributed by atoms with Crippen molar-refractivity contribution in [2.75, 3.05) is 18.6 Å². The first kappa shape index (κ1) is 14.5. The van der Waals surface area contributed by atoms with Gasteiger partial charge in [-0.05, 0) is 24.9 Å². The summed E-state index contributed by atoms with van der Waals surface area (Å²) in [5.74, 6) is -0.0207. The Morgan fingerprint density at radius 2 is 2.13 bits per heavy atom. The molecular formula is C10H19NO3S. The number of Topliss-reactive ketones (excluding diaryl/α,β-unsaturated/α-hetero) is 1. The number of hydrogen-bond donors (Lipinski definition) is 2. The Labute approximate surface area is 94.8 Å². The quantitative estimate of drug-likeness (QED) is 0.625. The molecule has 0 fully saturated rings. The van der Waals surface area contributed by atoms with Gasteiger partial charge in [-0.25, -0.2) is 0 Å². The van der Waals surface area contributed by atoms with Crippen LogP contribution in [0.3, 0.4) is 0 Å². The molecule has 0 aromatic carbocycles. The van der Waals surface area contributed by atoms with Gasteiger partial charge in [-0.15, -0.1) is 0 Å². The van der Waals surface area contributed by atoms with E-state index in [-0.39, 0.29) is 12.3 Å². The summed E-state index contributed by atoms with van der Waals surface area (Å²) in [5, 5.41) is 11.6. The highest BCUT2D eigenvalue weighted by Gasteiger charge is 2.16. The van der Waals surface area contributed by atoms with Gasteiger partial charge in [-0.2, -0.15) is 11.8 Å². The highest BCUT2D eigenvalue weighted by atomic mass is 32.2. The van der Waals surface area contributed by atoms with Crippen molar-refractivity contribution in [2.24, 2.45) is 0 Å². The van der Waals surface area contributed by atoms with E-state index in [1.807, 2.05) is 13.2 Å². The molecule has 1 atom stereocenters. The molecule has 0 heterocycles. The fourth-order valence-electron chi connectivity index (χ4n) is 1.15. The second-order valence-electron chi connectivity index (χ2n) is 3.34. The summed E-state index contributed by atoms with van der Waals surface area (Å²) in [6, 6.07) is -0.599. The maximum atomic E-state index is 11.2. The van der Waals surface area contributed by atoms with E-state index < -0.39 is 12.0 Å². The van der Waals surface area contributed by atoms with Crippen molar-refractivity contribution in [3.05, 3.63) is 0 Å². The van der Waals surface area contributed by atoms with E-state index in [9.17, 15) is 9.59 Å². The van der Waals surface area contributed by atoms with Crippen molar-refractivity contribution in [3.8, 4) is 0 Å². The zero-order valence-corrected chi connectivity index (χ0v) is 10.1. The Morgan fingerprint density at radius 3 is 2.60 bits per heavy atom. The van der Waals surface area contributed by atoms with Crippen molar-refractivity contribution >= 4 is 23.5 Å². The molecule has 0 aliphatic carbocycles. The third-order valence-electron chi connectivity index (χ3n) is 1.98. The number of ketones is 1. The molecule has 0 unspecified atom stereocenters. The molecule has 15 heavy (non-hydrogen) atoms. The number of rotatable bonds is 9. The summed E-state index contributed by atoms with van der Waals surface area (Å²) in [5.41, 5.74) is 0. The van der Waals surface area contributed by atoms with Crippen molar-refractivity contribution < 1.29 is 14.7 Å². The van der Waals surface area contributed by atoms with Crippen LogP contribution in [0.15, 0.2) is 0 Å². The maximum absolute atomic E-state index is 11.2. The van der Waals surface area contributed by atoms with Crippen molar-refractivity contribution in [1.29, 1.82) is 0 Å². The normalized spacial score (nSPS) is 12.4. The summed E-state index contributed by atoms with van der Waals surface area (Å²) >= 11 is 1.60. The van der Waals surface area contributed by atoms with Gasteiger partial charge in [0.1, 0.15) is 11.8 Å². The third-order valence-corrected chi connectivity index (χ3v) is 2.63. The minimum absolute atomic E-state index is 0.0768. The predicted octanol–water partition coefficient (Wildman–Crippen LogP) is 1.15. The maximum Gasteiger partial charge on any atom is 0.320 e. The fourth-order valence-corrected chi connectivity index (χ4v) is 1.62. The second-order valence-corrected chi connectivity index (χ2v) is 4.33. The first-order valence-electron chi connectivity index (χ1n) is 5.08. The highest BCUT2D eigenvalue weighted by molar-refractivity contribution is 7.98. The third kappa shape index (κ3) is 7.39. The number of carbonyl (C=O) groups excluding carboxylic acids is 1. The molecule has 4 nitrogen and oxygen atoms in total. The Balaban J connectivity index is 3.85. The molecule has 2 N–H and O–H groups in total. The number of carboxylic acids is 1. The zero-order valence-electron chi connectivity index (χ0n) is 9.28. The Bertz CT molecular complexity index is 207. The number of aliphatic carboxylic acids is 1. The summed E-state index contributed by atoms with van der Waals surface area (Å²) in [4.78, 5) is 22.0. The summed E-state index contributed by atoms with van der Waals surface area (Å²) < 4.78 is 0. The number of nitrogens with one attached hydrogen (secondary N) is 1. The standard InChI is InChI=1S/C10H19NO3S/c1-3-4-8(12)7-11-9(10(13)14)5-6-15-2/h9,11H,3-7H2,1-2H3,(H,13,14)/t9-/m0/s1. The van der Waals surface area contributed by atoms with Crippen LogP contribution in [0, 0.1) is 0 Å².